The molecule has 2 amide bonds. The predicted molar refractivity (Wildman–Crippen MR) is 61.9 cm³/mol. The van der Waals surface area contributed by atoms with Crippen molar-refractivity contribution in [1.29, 1.82) is 0 Å². The summed E-state index contributed by atoms with van der Waals surface area (Å²) in [6.45, 7) is 3.75. The van der Waals surface area contributed by atoms with Gasteiger partial charge in [0.15, 0.2) is 0 Å². The third kappa shape index (κ3) is 1.73. The van der Waals surface area contributed by atoms with Gasteiger partial charge in [-0.1, -0.05) is 32.0 Å². The molecule has 0 aromatic heterocycles. The van der Waals surface area contributed by atoms with Crippen molar-refractivity contribution < 1.29 is 9.59 Å². The highest BCUT2D eigenvalue weighted by atomic mass is 16.2. The van der Waals surface area contributed by atoms with Crippen LogP contribution in [0.15, 0.2) is 30.3 Å². The SMILES string of the molecule is C[C@H]1C[C@H](C)C(=O)N(c2ccccc2)C1=O. The molecule has 16 heavy (non-hydrogen) atoms. The molecule has 2 atom stereocenters. The minimum absolute atomic E-state index is 0.0760. The quantitative estimate of drug-likeness (QED) is 0.676. The van der Waals surface area contributed by atoms with Crippen molar-refractivity contribution in [1.82, 2.24) is 0 Å². The first-order valence-corrected chi connectivity index (χ1v) is 5.54. The maximum Gasteiger partial charge on any atom is 0.236 e. The van der Waals surface area contributed by atoms with E-state index in [1.54, 1.807) is 12.1 Å². The van der Waals surface area contributed by atoms with Crippen molar-refractivity contribution in [3.05, 3.63) is 30.3 Å². The van der Waals surface area contributed by atoms with Gasteiger partial charge in [-0.05, 0) is 18.6 Å². The number of para-hydroxylation sites is 1. The van der Waals surface area contributed by atoms with Crippen LogP contribution in [0.2, 0.25) is 0 Å². The van der Waals surface area contributed by atoms with Crippen LogP contribution in [0.4, 0.5) is 5.69 Å². The van der Waals surface area contributed by atoms with Crippen molar-refractivity contribution in [3.8, 4) is 0 Å². The second-order valence-electron chi connectivity index (χ2n) is 4.39. The predicted octanol–water partition coefficient (Wildman–Crippen LogP) is 2.22. The van der Waals surface area contributed by atoms with Crippen LogP contribution in [-0.4, -0.2) is 11.8 Å². The van der Waals surface area contributed by atoms with Crippen LogP contribution in [0.1, 0.15) is 20.3 Å². The molecule has 1 fully saturated rings. The molecule has 1 heterocycles. The lowest BCUT2D eigenvalue weighted by Crippen LogP contribution is -2.48. The number of amides is 2. The molecule has 2 rings (SSSR count). The highest BCUT2D eigenvalue weighted by molar-refractivity contribution is 6.17. The van der Waals surface area contributed by atoms with E-state index in [4.69, 9.17) is 0 Å². The van der Waals surface area contributed by atoms with Gasteiger partial charge < -0.3 is 0 Å². The number of rotatable bonds is 1. The molecule has 1 saturated heterocycles. The summed E-state index contributed by atoms with van der Waals surface area (Å²) in [7, 11) is 0. The second kappa shape index (κ2) is 4.08. The molecule has 1 aliphatic heterocycles. The monoisotopic (exact) mass is 217 g/mol. The van der Waals surface area contributed by atoms with Crippen molar-refractivity contribution in [2.45, 2.75) is 20.3 Å². The van der Waals surface area contributed by atoms with Crippen LogP contribution in [-0.2, 0) is 9.59 Å². The molecule has 0 spiro atoms. The number of piperidine rings is 1. The summed E-state index contributed by atoms with van der Waals surface area (Å²) in [6, 6.07) is 9.12. The molecule has 0 saturated carbocycles. The summed E-state index contributed by atoms with van der Waals surface area (Å²) < 4.78 is 0. The lowest BCUT2D eigenvalue weighted by Gasteiger charge is -2.32. The number of nitrogens with zero attached hydrogens (tertiary/aromatic N) is 1. The van der Waals surface area contributed by atoms with E-state index in [0.717, 1.165) is 0 Å². The number of imide groups is 1. The van der Waals surface area contributed by atoms with E-state index in [1.165, 1.54) is 4.90 Å². The Morgan fingerprint density at radius 1 is 1.00 bits per heavy atom. The van der Waals surface area contributed by atoms with E-state index in [0.29, 0.717) is 12.1 Å². The van der Waals surface area contributed by atoms with Crippen LogP contribution < -0.4 is 4.90 Å². The van der Waals surface area contributed by atoms with E-state index >= 15 is 0 Å². The Kier molecular flexibility index (Phi) is 2.77. The summed E-state index contributed by atoms with van der Waals surface area (Å²) in [5.41, 5.74) is 0.677. The summed E-state index contributed by atoms with van der Waals surface area (Å²) in [6.07, 6.45) is 0.654. The molecule has 0 bridgehead atoms. The molecule has 1 aromatic carbocycles. The van der Waals surface area contributed by atoms with E-state index in [1.807, 2.05) is 32.0 Å². The van der Waals surface area contributed by atoms with Crippen LogP contribution in [0.3, 0.4) is 0 Å². The lowest BCUT2D eigenvalue weighted by molar-refractivity contribution is -0.134. The third-order valence-electron chi connectivity index (χ3n) is 3.01. The second-order valence-corrected chi connectivity index (χ2v) is 4.39. The van der Waals surface area contributed by atoms with E-state index in [-0.39, 0.29) is 23.7 Å². The van der Waals surface area contributed by atoms with E-state index in [2.05, 4.69) is 0 Å². The molecule has 0 radical (unpaired) electrons. The van der Waals surface area contributed by atoms with Gasteiger partial charge in [0.05, 0.1) is 5.69 Å². The molecular weight excluding hydrogens is 202 g/mol. The fraction of sp³-hybridized carbons (Fsp3) is 0.385. The number of carbonyl (C=O) groups is 2. The Morgan fingerprint density at radius 3 is 2.00 bits per heavy atom. The molecule has 1 aliphatic rings. The van der Waals surface area contributed by atoms with E-state index in [9.17, 15) is 9.59 Å². The van der Waals surface area contributed by atoms with Gasteiger partial charge in [-0.15, -0.1) is 0 Å². The molecule has 0 unspecified atom stereocenters. The van der Waals surface area contributed by atoms with Crippen molar-refractivity contribution >= 4 is 17.5 Å². The molecule has 0 aliphatic carbocycles. The Balaban J connectivity index is 2.38. The van der Waals surface area contributed by atoms with Gasteiger partial charge in [-0.2, -0.15) is 0 Å². The standard InChI is InChI=1S/C13H15NO2/c1-9-8-10(2)13(16)14(12(9)15)11-6-4-3-5-7-11/h3-7,9-10H,8H2,1-2H3/t9-,10-/m0/s1. The Labute approximate surface area is 95.1 Å². The fourth-order valence-electron chi connectivity index (χ4n) is 2.11. The van der Waals surface area contributed by atoms with Gasteiger partial charge in [0.25, 0.3) is 0 Å². The molecule has 3 nitrogen and oxygen atoms in total. The van der Waals surface area contributed by atoms with Crippen LogP contribution in [0.5, 0.6) is 0 Å². The van der Waals surface area contributed by atoms with Gasteiger partial charge in [-0.3, -0.25) is 14.5 Å². The molecule has 3 heteroatoms. The summed E-state index contributed by atoms with van der Waals surface area (Å²) in [5, 5.41) is 0. The number of hydrogen-bond acceptors (Lipinski definition) is 2. The fourth-order valence-corrected chi connectivity index (χ4v) is 2.11. The first kappa shape index (κ1) is 10.9. The summed E-state index contributed by atoms with van der Waals surface area (Å²) in [4.78, 5) is 25.3. The Morgan fingerprint density at radius 2 is 1.50 bits per heavy atom. The normalized spacial score (nSPS) is 26.0. The zero-order valence-electron chi connectivity index (χ0n) is 9.51. The van der Waals surface area contributed by atoms with Crippen LogP contribution >= 0.6 is 0 Å². The van der Waals surface area contributed by atoms with Crippen molar-refractivity contribution in [2.24, 2.45) is 11.8 Å². The lowest BCUT2D eigenvalue weighted by atomic mass is 9.90. The van der Waals surface area contributed by atoms with E-state index < -0.39 is 0 Å². The molecule has 1 aromatic rings. The zero-order chi connectivity index (χ0) is 11.7. The Bertz CT molecular complexity index is 393. The Hall–Kier alpha value is -1.64. The van der Waals surface area contributed by atoms with Crippen molar-refractivity contribution in [2.75, 3.05) is 4.90 Å². The van der Waals surface area contributed by atoms with Gasteiger partial charge >= 0.3 is 0 Å². The number of benzene rings is 1. The average molecular weight is 217 g/mol. The van der Waals surface area contributed by atoms with Gasteiger partial charge in [0.1, 0.15) is 0 Å². The van der Waals surface area contributed by atoms with Gasteiger partial charge in [0.2, 0.25) is 11.8 Å². The van der Waals surface area contributed by atoms with Crippen molar-refractivity contribution in [3.63, 3.8) is 0 Å². The summed E-state index contributed by atoms with van der Waals surface area (Å²) >= 11 is 0. The largest absolute Gasteiger partial charge is 0.274 e. The minimum atomic E-state index is -0.0886. The maximum absolute atomic E-state index is 12.0. The first-order valence-electron chi connectivity index (χ1n) is 5.54. The zero-order valence-corrected chi connectivity index (χ0v) is 9.51. The number of carbonyl (C=O) groups excluding carboxylic acids is 2. The minimum Gasteiger partial charge on any atom is -0.274 e. The van der Waals surface area contributed by atoms with Crippen LogP contribution in [0, 0.1) is 11.8 Å². The number of hydrogen-bond donors (Lipinski definition) is 0. The average Bonchev–Trinajstić information content (AvgIpc) is 2.28. The van der Waals surface area contributed by atoms with Crippen LogP contribution in [0.25, 0.3) is 0 Å². The maximum atomic E-state index is 12.0. The van der Waals surface area contributed by atoms with Gasteiger partial charge in [0, 0.05) is 11.8 Å². The topological polar surface area (TPSA) is 37.4 Å². The van der Waals surface area contributed by atoms with Gasteiger partial charge in [-0.25, -0.2) is 0 Å². The molecule has 84 valence electrons. The molecule has 0 N–H and O–H groups in total. The highest BCUT2D eigenvalue weighted by Gasteiger charge is 2.37. The highest BCUT2D eigenvalue weighted by Crippen LogP contribution is 2.28. The first-order chi connectivity index (χ1) is 7.61. The smallest absolute Gasteiger partial charge is 0.236 e. The number of anilines is 1. The molecular formula is C13H15NO2. The summed E-state index contributed by atoms with van der Waals surface area (Å²) in [5.74, 6) is -0.329. The third-order valence-corrected chi connectivity index (χ3v) is 3.01.